The van der Waals surface area contributed by atoms with Crippen LogP contribution in [0.4, 0.5) is 0 Å². The van der Waals surface area contributed by atoms with E-state index in [9.17, 15) is 0 Å². The number of allylic oxidation sites excluding steroid dienone is 1. The monoisotopic (exact) mass is 174 g/mol. The van der Waals surface area contributed by atoms with Gasteiger partial charge in [0.25, 0.3) is 0 Å². The highest BCUT2D eigenvalue weighted by Crippen LogP contribution is 2.13. The van der Waals surface area contributed by atoms with Gasteiger partial charge in [0.1, 0.15) is 0 Å². The van der Waals surface area contributed by atoms with Gasteiger partial charge in [-0.25, -0.2) is 0 Å². The topological polar surface area (TPSA) is 0 Å². The van der Waals surface area contributed by atoms with Gasteiger partial charge in [0.15, 0.2) is 0 Å². The molecule has 0 spiro atoms. The molecule has 0 saturated heterocycles. The SMILES string of the molecule is Cc1ccc(C)c(/C=C\C(C)C)c1. The van der Waals surface area contributed by atoms with Gasteiger partial charge in [-0.3, -0.25) is 0 Å². The van der Waals surface area contributed by atoms with E-state index in [-0.39, 0.29) is 0 Å². The first-order chi connectivity index (χ1) is 6.09. The summed E-state index contributed by atoms with van der Waals surface area (Å²) in [4.78, 5) is 0. The number of aryl methyl sites for hydroxylation is 2. The summed E-state index contributed by atoms with van der Waals surface area (Å²) in [6.45, 7) is 8.68. The smallest absolute Gasteiger partial charge is 0.0228 e. The predicted octanol–water partition coefficient (Wildman–Crippen LogP) is 3.97. The normalized spacial score (nSPS) is 11.5. The average molecular weight is 174 g/mol. The molecule has 0 nitrogen and oxygen atoms in total. The molecule has 0 fully saturated rings. The zero-order chi connectivity index (χ0) is 9.84. The molecular weight excluding hydrogens is 156 g/mol. The van der Waals surface area contributed by atoms with Crippen LogP contribution in [0.3, 0.4) is 0 Å². The number of hydrogen-bond donors (Lipinski definition) is 0. The van der Waals surface area contributed by atoms with Crippen molar-refractivity contribution in [2.75, 3.05) is 0 Å². The average Bonchev–Trinajstić information content (AvgIpc) is 2.06. The molecule has 0 N–H and O–H groups in total. The summed E-state index contributed by atoms with van der Waals surface area (Å²) in [5.74, 6) is 0.625. The second kappa shape index (κ2) is 4.27. The molecule has 0 heteroatoms. The molecule has 0 saturated carbocycles. The van der Waals surface area contributed by atoms with Gasteiger partial charge in [-0.05, 0) is 30.9 Å². The molecule has 0 atom stereocenters. The van der Waals surface area contributed by atoms with Crippen molar-refractivity contribution in [2.45, 2.75) is 27.7 Å². The summed E-state index contributed by atoms with van der Waals surface area (Å²) in [5.41, 5.74) is 4.02. The number of rotatable bonds is 2. The first-order valence-corrected chi connectivity index (χ1v) is 4.85. The van der Waals surface area contributed by atoms with E-state index in [1.807, 2.05) is 0 Å². The molecule has 0 aliphatic heterocycles. The van der Waals surface area contributed by atoms with Gasteiger partial charge in [0.2, 0.25) is 0 Å². The molecule has 0 unspecified atom stereocenters. The molecule has 13 heavy (non-hydrogen) atoms. The van der Waals surface area contributed by atoms with Gasteiger partial charge in [-0.2, -0.15) is 0 Å². The van der Waals surface area contributed by atoms with Crippen LogP contribution < -0.4 is 0 Å². The molecule has 0 aromatic heterocycles. The Hall–Kier alpha value is -1.04. The highest BCUT2D eigenvalue weighted by atomic mass is 14.0. The largest absolute Gasteiger partial charge is 0.0814 e. The van der Waals surface area contributed by atoms with Gasteiger partial charge < -0.3 is 0 Å². The van der Waals surface area contributed by atoms with Crippen LogP contribution in [-0.2, 0) is 0 Å². The van der Waals surface area contributed by atoms with Crippen molar-refractivity contribution < 1.29 is 0 Å². The molecule has 1 rings (SSSR count). The Balaban J connectivity index is 2.93. The lowest BCUT2D eigenvalue weighted by Gasteiger charge is -2.02. The van der Waals surface area contributed by atoms with E-state index in [1.165, 1.54) is 16.7 Å². The van der Waals surface area contributed by atoms with Crippen LogP contribution >= 0.6 is 0 Å². The molecular formula is C13H18. The maximum atomic E-state index is 2.24. The molecule has 0 amide bonds. The summed E-state index contributed by atoms with van der Waals surface area (Å²) in [7, 11) is 0. The van der Waals surface area contributed by atoms with Gasteiger partial charge in [0, 0.05) is 0 Å². The highest BCUT2D eigenvalue weighted by Gasteiger charge is 1.94. The van der Waals surface area contributed by atoms with Crippen molar-refractivity contribution in [3.8, 4) is 0 Å². The Morgan fingerprint density at radius 3 is 2.46 bits per heavy atom. The summed E-state index contributed by atoms with van der Waals surface area (Å²) >= 11 is 0. The van der Waals surface area contributed by atoms with Crippen LogP contribution in [0.5, 0.6) is 0 Å². The van der Waals surface area contributed by atoms with E-state index in [0.717, 1.165) is 0 Å². The van der Waals surface area contributed by atoms with E-state index in [0.29, 0.717) is 5.92 Å². The third-order valence-electron chi connectivity index (χ3n) is 2.10. The molecule has 0 aliphatic rings. The van der Waals surface area contributed by atoms with Crippen LogP contribution in [0.1, 0.15) is 30.5 Å². The van der Waals surface area contributed by atoms with Crippen molar-refractivity contribution in [3.05, 3.63) is 41.0 Å². The fourth-order valence-electron chi connectivity index (χ4n) is 1.24. The molecule has 1 aromatic rings. The first-order valence-electron chi connectivity index (χ1n) is 4.85. The third-order valence-corrected chi connectivity index (χ3v) is 2.10. The lowest BCUT2D eigenvalue weighted by atomic mass is 10.0. The van der Waals surface area contributed by atoms with Gasteiger partial charge in [0.05, 0.1) is 0 Å². The van der Waals surface area contributed by atoms with Crippen LogP contribution in [-0.4, -0.2) is 0 Å². The minimum atomic E-state index is 0.625. The Morgan fingerprint density at radius 2 is 1.85 bits per heavy atom. The highest BCUT2D eigenvalue weighted by molar-refractivity contribution is 5.54. The second-order valence-electron chi connectivity index (χ2n) is 3.96. The summed E-state index contributed by atoms with van der Waals surface area (Å²) in [5, 5.41) is 0. The lowest BCUT2D eigenvalue weighted by Crippen LogP contribution is -1.83. The van der Waals surface area contributed by atoms with Crippen LogP contribution in [0, 0.1) is 19.8 Å². The van der Waals surface area contributed by atoms with E-state index < -0.39 is 0 Å². The van der Waals surface area contributed by atoms with Crippen LogP contribution in [0.25, 0.3) is 6.08 Å². The summed E-state index contributed by atoms with van der Waals surface area (Å²) < 4.78 is 0. The molecule has 0 aliphatic carbocycles. The Morgan fingerprint density at radius 1 is 1.15 bits per heavy atom. The van der Waals surface area contributed by atoms with E-state index >= 15 is 0 Å². The maximum absolute atomic E-state index is 2.24. The standard InChI is InChI=1S/C13H18/c1-10(2)5-8-13-9-11(3)6-7-12(13)4/h5-10H,1-4H3/b8-5-. The number of benzene rings is 1. The van der Waals surface area contributed by atoms with Crippen molar-refractivity contribution in [2.24, 2.45) is 5.92 Å². The van der Waals surface area contributed by atoms with Gasteiger partial charge in [-0.15, -0.1) is 0 Å². The van der Waals surface area contributed by atoms with Crippen molar-refractivity contribution in [1.29, 1.82) is 0 Å². The van der Waals surface area contributed by atoms with Crippen LogP contribution in [0.2, 0.25) is 0 Å². The van der Waals surface area contributed by atoms with Crippen molar-refractivity contribution in [3.63, 3.8) is 0 Å². The molecule has 0 heterocycles. The summed E-state index contributed by atoms with van der Waals surface area (Å²) in [6.07, 6.45) is 4.45. The fourth-order valence-corrected chi connectivity index (χ4v) is 1.24. The van der Waals surface area contributed by atoms with E-state index in [2.05, 4.69) is 58.0 Å². The Kier molecular flexibility index (Phi) is 3.30. The predicted molar refractivity (Wildman–Crippen MR) is 59.8 cm³/mol. The second-order valence-corrected chi connectivity index (χ2v) is 3.96. The van der Waals surface area contributed by atoms with Crippen molar-refractivity contribution >= 4 is 6.08 Å². The fraction of sp³-hybridized carbons (Fsp3) is 0.385. The van der Waals surface area contributed by atoms with Crippen LogP contribution in [0.15, 0.2) is 24.3 Å². The quantitative estimate of drug-likeness (QED) is 0.636. The minimum Gasteiger partial charge on any atom is -0.0814 e. The number of hydrogen-bond acceptors (Lipinski definition) is 0. The van der Waals surface area contributed by atoms with E-state index in [4.69, 9.17) is 0 Å². The Bertz CT molecular complexity index is 306. The molecule has 70 valence electrons. The molecule has 1 aromatic carbocycles. The zero-order valence-corrected chi connectivity index (χ0v) is 8.96. The summed E-state index contributed by atoms with van der Waals surface area (Å²) in [6, 6.07) is 6.56. The van der Waals surface area contributed by atoms with Gasteiger partial charge >= 0.3 is 0 Å². The minimum absolute atomic E-state index is 0.625. The molecule has 0 bridgehead atoms. The Labute approximate surface area is 81.3 Å². The molecule has 0 radical (unpaired) electrons. The van der Waals surface area contributed by atoms with E-state index in [1.54, 1.807) is 0 Å². The van der Waals surface area contributed by atoms with Crippen molar-refractivity contribution in [1.82, 2.24) is 0 Å². The zero-order valence-electron chi connectivity index (χ0n) is 8.96. The van der Waals surface area contributed by atoms with Gasteiger partial charge in [-0.1, -0.05) is 49.8 Å². The first kappa shape index (κ1) is 10.0. The lowest BCUT2D eigenvalue weighted by molar-refractivity contribution is 0.836. The maximum Gasteiger partial charge on any atom is -0.0228 e. The third kappa shape index (κ3) is 3.06.